The molecule has 4 N–H and O–H groups in total. The third-order valence-corrected chi connectivity index (χ3v) is 5.88. The number of hydrazine groups is 1. The second-order valence-corrected chi connectivity index (χ2v) is 7.87. The van der Waals surface area contributed by atoms with Gasteiger partial charge in [-0.2, -0.15) is 0 Å². The summed E-state index contributed by atoms with van der Waals surface area (Å²) in [4.78, 5) is 30.5. The number of nitrogens with one attached hydrogen (secondary N) is 2. The summed E-state index contributed by atoms with van der Waals surface area (Å²) in [6.07, 6.45) is 0.561. The van der Waals surface area contributed by atoms with Crippen molar-refractivity contribution in [1.29, 1.82) is 0 Å². The number of carbonyl (C=O) groups excluding carboxylic acids is 2. The molecule has 0 bridgehead atoms. The number of nitrogen functional groups attached to an aromatic ring is 1. The number of para-hydroxylation sites is 1. The number of nitrogens with zero attached hydrogens (tertiary/aromatic N) is 1. The van der Waals surface area contributed by atoms with Crippen LogP contribution in [0.1, 0.15) is 26.5 Å². The molecule has 28 heavy (non-hydrogen) atoms. The van der Waals surface area contributed by atoms with Crippen LogP contribution in [0.4, 0.5) is 5.69 Å². The van der Waals surface area contributed by atoms with Crippen LogP contribution in [0.5, 0.6) is 5.75 Å². The van der Waals surface area contributed by atoms with Crippen LogP contribution in [-0.2, 0) is 11.2 Å². The van der Waals surface area contributed by atoms with Gasteiger partial charge in [0.1, 0.15) is 22.1 Å². The van der Waals surface area contributed by atoms with E-state index in [1.807, 2.05) is 44.2 Å². The van der Waals surface area contributed by atoms with E-state index in [9.17, 15) is 9.59 Å². The fraction of sp³-hybridized carbons (Fsp3) is 0.250. The maximum absolute atomic E-state index is 12.6. The molecule has 1 aromatic carbocycles. The van der Waals surface area contributed by atoms with Crippen LogP contribution < -0.4 is 21.3 Å². The maximum Gasteiger partial charge on any atom is 0.281 e. The topological polar surface area (TPSA) is 106 Å². The van der Waals surface area contributed by atoms with E-state index >= 15 is 0 Å². The predicted molar refractivity (Wildman–Crippen MR) is 108 cm³/mol. The van der Waals surface area contributed by atoms with Gasteiger partial charge in [-0.1, -0.05) is 18.2 Å². The van der Waals surface area contributed by atoms with Crippen molar-refractivity contribution in [3.05, 3.63) is 52.0 Å². The second kappa shape index (κ2) is 7.12. The van der Waals surface area contributed by atoms with Crippen molar-refractivity contribution in [2.75, 3.05) is 12.3 Å². The van der Waals surface area contributed by atoms with Crippen molar-refractivity contribution in [3.8, 4) is 5.75 Å². The van der Waals surface area contributed by atoms with Gasteiger partial charge in [0, 0.05) is 11.1 Å². The first-order chi connectivity index (χ1) is 13.4. The molecule has 0 fully saturated rings. The average Bonchev–Trinajstić information content (AvgIpc) is 3.02. The van der Waals surface area contributed by atoms with E-state index in [0.29, 0.717) is 21.8 Å². The van der Waals surface area contributed by atoms with Gasteiger partial charge in [-0.05, 0) is 43.5 Å². The lowest BCUT2D eigenvalue weighted by molar-refractivity contribution is -0.127. The molecule has 3 aromatic rings. The quantitative estimate of drug-likeness (QED) is 0.577. The molecule has 8 heteroatoms. The average molecular weight is 396 g/mol. The van der Waals surface area contributed by atoms with E-state index in [4.69, 9.17) is 10.5 Å². The first-order valence-electron chi connectivity index (χ1n) is 8.91. The number of benzene rings is 1. The molecule has 1 aliphatic heterocycles. The SMILES string of the molecule is Cc1cc(C)c2c(N)c(C(=O)NNC(=O)C3COc4ccccc4C3)sc2n1. The van der Waals surface area contributed by atoms with Gasteiger partial charge in [-0.15, -0.1) is 11.3 Å². The number of anilines is 1. The van der Waals surface area contributed by atoms with Crippen molar-refractivity contribution in [2.45, 2.75) is 20.3 Å². The number of nitrogens with two attached hydrogens (primary N) is 1. The van der Waals surface area contributed by atoms with Crippen LogP contribution in [0.2, 0.25) is 0 Å². The van der Waals surface area contributed by atoms with Crippen LogP contribution in [-0.4, -0.2) is 23.4 Å². The first kappa shape index (κ1) is 18.2. The number of ether oxygens (including phenoxy) is 1. The number of thiophene rings is 1. The van der Waals surface area contributed by atoms with E-state index in [1.165, 1.54) is 11.3 Å². The Balaban J connectivity index is 1.45. The molecule has 0 spiro atoms. The summed E-state index contributed by atoms with van der Waals surface area (Å²) in [6, 6.07) is 9.55. The zero-order valence-electron chi connectivity index (χ0n) is 15.5. The monoisotopic (exact) mass is 396 g/mol. The van der Waals surface area contributed by atoms with Crippen molar-refractivity contribution in [3.63, 3.8) is 0 Å². The molecule has 1 unspecified atom stereocenters. The van der Waals surface area contributed by atoms with Gasteiger partial charge in [0.2, 0.25) is 5.91 Å². The van der Waals surface area contributed by atoms with E-state index in [1.54, 1.807) is 0 Å². The van der Waals surface area contributed by atoms with Crippen LogP contribution >= 0.6 is 11.3 Å². The molecular formula is C20H20N4O3S. The summed E-state index contributed by atoms with van der Waals surface area (Å²) in [5.41, 5.74) is 14.3. The number of aryl methyl sites for hydroxylation is 2. The fourth-order valence-corrected chi connectivity index (χ4v) is 4.52. The highest BCUT2D eigenvalue weighted by atomic mass is 32.1. The lowest BCUT2D eigenvalue weighted by atomic mass is 9.96. The largest absolute Gasteiger partial charge is 0.492 e. The molecule has 144 valence electrons. The molecular weight excluding hydrogens is 376 g/mol. The van der Waals surface area contributed by atoms with Crippen molar-refractivity contribution >= 4 is 39.1 Å². The molecule has 0 saturated carbocycles. The van der Waals surface area contributed by atoms with E-state index < -0.39 is 5.91 Å². The minimum Gasteiger partial charge on any atom is -0.492 e. The molecule has 1 aliphatic rings. The van der Waals surface area contributed by atoms with Gasteiger partial charge in [0.05, 0.1) is 11.6 Å². The van der Waals surface area contributed by atoms with Gasteiger partial charge in [0.25, 0.3) is 5.91 Å². The van der Waals surface area contributed by atoms with Crippen molar-refractivity contribution in [2.24, 2.45) is 5.92 Å². The Morgan fingerprint density at radius 3 is 2.86 bits per heavy atom. The Morgan fingerprint density at radius 2 is 2.04 bits per heavy atom. The summed E-state index contributed by atoms with van der Waals surface area (Å²) in [5, 5.41) is 0.782. The molecule has 2 amide bonds. The number of amides is 2. The smallest absolute Gasteiger partial charge is 0.281 e. The number of rotatable bonds is 2. The van der Waals surface area contributed by atoms with Crippen LogP contribution in [0, 0.1) is 19.8 Å². The Bertz CT molecular complexity index is 1090. The standard InChI is InChI=1S/C20H20N4O3S/c1-10-7-11(2)22-20-15(10)16(21)17(28-20)19(26)24-23-18(25)13-8-12-5-3-4-6-14(12)27-9-13/h3-7,13H,8-9,21H2,1-2H3,(H,23,25)(H,24,26). The van der Waals surface area contributed by atoms with Crippen molar-refractivity contribution in [1.82, 2.24) is 15.8 Å². The molecule has 3 heterocycles. The molecule has 0 saturated heterocycles. The molecule has 4 rings (SSSR count). The number of pyridine rings is 1. The minimum absolute atomic E-state index is 0.270. The van der Waals surface area contributed by atoms with E-state index in [0.717, 1.165) is 28.0 Å². The molecule has 0 radical (unpaired) electrons. The molecule has 1 atom stereocenters. The zero-order chi connectivity index (χ0) is 19.8. The number of aromatic nitrogens is 1. The minimum atomic E-state index is -0.456. The fourth-order valence-electron chi connectivity index (χ4n) is 3.41. The summed E-state index contributed by atoms with van der Waals surface area (Å²) in [5.74, 6) is -0.330. The number of hydrogen-bond acceptors (Lipinski definition) is 6. The van der Waals surface area contributed by atoms with E-state index in [-0.39, 0.29) is 18.4 Å². The van der Waals surface area contributed by atoms with Gasteiger partial charge < -0.3 is 10.5 Å². The normalized spacial score (nSPS) is 15.6. The Kier molecular flexibility index (Phi) is 4.64. The lowest BCUT2D eigenvalue weighted by Gasteiger charge is -2.24. The van der Waals surface area contributed by atoms with Gasteiger partial charge in [-0.25, -0.2) is 4.98 Å². The summed E-state index contributed by atoms with van der Waals surface area (Å²) in [6.45, 7) is 4.10. The van der Waals surface area contributed by atoms with Gasteiger partial charge in [0.15, 0.2) is 0 Å². The molecule has 0 aliphatic carbocycles. The molecule has 7 nitrogen and oxygen atoms in total. The van der Waals surface area contributed by atoms with Gasteiger partial charge in [-0.3, -0.25) is 20.4 Å². The Hall–Kier alpha value is -3.13. The Labute approximate surface area is 165 Å². The van der Waals surface area contributed by atoms with Gasteiger partial charge >= 0.3 is 0 Å². The highest BCUT2D eigenvalue weighted by molar-refractivity contribution is 7.21. The maximum atomic E-state index is 12.6. The third kappa shape index (κ3) is 3.27. The van der Waals surface area contributed by atoms with Crippen LogP contribution in [0.25, 0.3) is 10.2 Å². The number of hydrogen-bond donors (Lipinski definition) is 3. The molecule has 2 aromatic heterocycles. The lowest BCUT2D eigenvalue weighted by Crippen LogP contribution is -2.47. The summed E-state index contributed by atoms with van der Waals surface area (Å²) >= 11 is 1.21. The third-order valence-electron chi connectivity index (χ3n) is 4.78. The zero-order valence-corrected chi connectivity index (χ0v) is 16.4. The number of fused-ring (bicyclic) bond motifs is 2. The van der Waals surface area contributed by atoms with Crippen molar-refractivity contribution < 1.29 is 14.3 Å². The van der Waals surface area contributed by atoms with Crippen LogP contribution in [0.3, 0.4) is 0 Å². The summed E-state index contributed by atoms with van der Waals surface area (Å²) in [7, 11) is 0. The predicted octanol–water partition coefficient (Wildman–Crippen LogP) is 2.51. The van der Waals surface area contributed by atoms with Crippen LogP contribution in [0.15, 0.2) is 30.3 Å². The summed E-state index contributed by atoms with van der Waals surface area (Å²) < 4.78 is 5.63. The highest BCUT2D eigenvalue weighted by Gasteiger charge is 2.27. The highest BCUT2D eigenvalue weighted by Crippen LogP contribution is 2.34. The Morgan fingerprint density at radius 1 is 1.25 bits per heavy atom. The first-order valence-corrected chi connectivity index (χ1v) is 9.73. The number of carbonyl (C=O) groups is 2. The van der Waals surface area contributed by atoms with E-state index in [2.05, 4.69) is 15.8 Å². The second-order valence-electron chi connectivity index (χ2n) is 6.87.